The topological polar surface area (TPSA) is 66.1 Å². The van der Waals surface area contributed by atoms with Gasteiger partial charge < -0.3 is 4.90 Å². The van der Waals surface area contributed by atoms with E-state index in [0.717, 1.165) is 19.4 Å². The lowest BCUT2D eigenvalue weighted by atomic mass is 9.78. The Morgan fingerprint density at radius 3 is 2.79 bits per heavy atom. The molecule has 2 atom stereocenters. The van der Waals surface area contributed by atoms with E-state index in [-0.39, 0.29) is 11.5 Å². The van der Waals surface area contributed by atoms with E-state index in [2.05, 4.69) is 10.2 Å². The van der Waals surface area contributed by atoms with Gasteiger partial charge >= 0.3 is 0 Å². The fraction of sp³-hybridized carbons (Fsp3) is 0.643. The molecule has 0 aromatic carbocycles. The fourth-order valence-corrected chi connectivity index (χ4v) is 3.49. The first kappa shape index (κ1) is 12.4. The van der Waals surface area contributed by atoms with Gasteiger partial charge in [-0.25, -0.2) is 5.10 Å². The lowest BCUT2D eigenvalue weighted by Crippen LogP contribution is -2.49. The Kier molecular flexibility index (Phi) is 3.36. The zero-order valence-corrected chi connectivity index (χ0v) is 11.0. The van der Waals surface area contributed by atoms with Crippen molar-refractivity contribution in [3.8, 4) is 0 Å². The Morgan fingerprint density at radius 2 is 2.00 bits per heavy atom. The number of nitrogens with one attached hydrogen (secondary N) is 1. The SMILES string of the molecule is O=C(c1ccc(=O)[nH]n1)N1CCCC2CCCCC21. The molecule has 3 rings (SSSR count). The molecule has 2 heterocycles. The van der Waals surface area contributed by atoms with Crippen molar-refractivity contribution < 1.29 is 4.79 Å². The van der Waals surface area contributed by atoms with E-state index in [1.165, 1.54) is 37.8 Å². The van der Waals surface area contributed by atoms with Gasteiger partial charge in [0.2, 0.25) is 0 Å². The van der Waals surface area contributed by atoms with Gasteiger partial charge in [-0.1, -0.05) is 12.8 Å². The van der Waals surface area contributed by atoms with Crippen molar-refractivity contribution in [2.75, 3.05) is 6.54 Å². The van der Waals surface area contributed by atoms with E-state index < -0.39 is 0 Å². The Bertz CT molecular complexity index is 503. The Labute approximate surface area is 112 Å². The standard InChI is InChI=1S/C14H19N3O2/c18-13-8-7-11(15-16-13)14(19)17-9-3-5-10-4-1-2-6-12(10)17/h7-8,10,12H,1-6,9H2,(H,16,18). The summed E-state index contributed by atoms with van der Waals surface area (Å²) in [5, 5.41) is 6.20. The van der Waals surface area contributed by atoms with Crippen LogP contribution in [0.4, 0.5) is 0 Å². The summed E-state index contributed by atoms with van der Waals surface area (Å²) in [6.45, 7) is 0.820. The summed E-state index contributed by atoms with van der Waals surface area (Å²) < 4.78 is 0. The van der Waals surface area contributed by atoms with Crippen molar-refractivity contribution in [3.63, 3.8) is 0 Å². The van der Waals surface area contributed by atoms with Crippen LogP contribution in [0.25, 0.3) is 0 Å². The minimum atomic E-state index is -0.272. The predicted octanol–water partition coefficient (Wildman–Crippen LogP) is 1.56. The first-order chi connectivity index (χ1) is 9.25. The zero-order valence-electron chi connectivity index (χ0n) is 11.0. The molecule has 1 amide bonds. The van der Waals surface area contributed by atoms with Crippen LogP contribution < -0.4 is 5.56 Å². The van der Waals surface area contributed by atoms with Crippen LogP contribution in [0.1, 0.15) is 49.0 Å². The number of amides is 1. The second kappa shape index (κ2) is 5.15. The van der Waals surface area contributed by atoms with Crippen LogP contribution in [0, 0.1) is 5.92 Å². The third kappa shape index (κ3) is 2.41. The number of carbonyl (C=O) groups is 1. The second-order valence-corrected chi connectivity index (χ2v) is 5.56. The molecule has 5 nitrogen and oxygen atoms in total. The maximum atomic E-state index is 12.5. The van der Waals surface area contributed by atoms with Gasteiger partial charge in [0.15, 0.2) is 0 Å². The molecule has 1 N–H and O–H groups in total. The number of nitrogens with zero attached hydrogens (tertiary/aromatic N) is 2. The molecule has 0 bridgehead atoms. The van der Waals surface area contributed by atoms with Crippen molar-refractivity contribution in [3.05, 3.63) is 28.2 Å². The van der Waals surface area contributed by atoms with E-state index in [9.17, 15) is 9.59 Å². The van der Waals surface area contributed by atoms with Crippen LogP contribution in [-0.4, -0.2) is 33.6 Å². The highest BCUT2D eigenvalue weighted by atomic mass is 16.2. The molecule has 1 aromatic heterocycles. The van der Waals surface area contributed by atoms with Crippen LogP contribution in [0.3, 0.4) is 0 Å². The number of rotatable bonds is 1. The monoisotopic (exact) mass is 261 g/mol. The van der Waals surface area contributed by atoms with Crippen LogP contribution in [0.2, 0.25) is 0 Å². The molecule has 2 fully saturated rings. The molecule has 1 aromatic rings. The predicted molar refractivity (Wildman–Crippen MR) is 70.9 cm³/mol. The van der Waals surface area contributed by atoms with Crippen molar-refractivity contribution in [1.82, 2.24) is 15.1 Å². The molecule has 1 saturated heterocycles. The van der Waals surface area contributed by atoms with E-state index in [4.69, 9.17) is 0 Å². The van der Waals surface area contributed by atoms with Gasteiger partial charge in [-0.05, 0) is 37.7 Å². The van der Waals surface area contributed by atoms with Crippen LogP contribution in [0.15, 0.2) is 16.9 Å². The van der Waals surface area contributed by atoms with E-state index >= 15 is 0 Å². The van der Waals surface area contributed by atoms with Crippen molar-refractivity contribution in [2.24, 2.45) is 5.92 Å². The number of hydrogen-bond acceptors (Lipinski definition) is 3. The van der Waals surface area contributed by atoms with Gasteiger partial charge in [0.05, 0.1) is 0 Å². The number of likely N-dealkylation sites (tertiary alicyclic amines) is 1. The number of fused-ring (bicyclic) bond motifs is 1. The molecule has 1 aliphatic heterocycles. The van der Waals surface area contributed by atoms with Gasteiger partial charge in [0.25, 0.3) is 11.5 Å². The molecule has 1 saturated carbocycles. The van der Waals surface area contributed by atoms with Gasteiger partial charge in [-0.15, -0.1) is 0 Å². The normalized spacial score (nSPS) is 26.8. The van der Waals surface area contributed by atoms with Crippen molar-refractivity contribution in [1.29, 1.82) is 0 Å². The highest BCUT2D eigenvalue weighted by Crippen LogP contribution is 2.35. The zero-order chi connectivity index (χ0) is 13.2. The second-order valence-electron chi connectivity index (χ2n) is 5.56. The summed E-state index contributed by atoms with van der Waals surface area (Å²) in [4.78, 5) is 25.5. The summed E-state index contributed by atoms with van der Waals surface area (Å²) in [5.41, 5.74) is 0.0801. The van der Waals surface area contributed by atoms with Crippen LogP contribution in [-0.2, 0) is 0 Å². The molecule has 0 radical (unpaired) electrons. The number of piperidine rings is 1. The average Bonchev–Trinajstić information content (AvgIpc) is 2.47. The van der Waals surface area contributed by atoms with Gasteiger partial charge in [0.1, 0.15) is 5.69 Å². The lowest BCUT2D eigenvalue weighted by molar-refractivity contribution is 0.0384. The highest BCUT2D eigenvalue weighted by molar-refractivity contribution is 5.92. The quantitative estimate of drug-likeness (QED) is 0.834. The lowest BCUT2D eigenvalue weighted by Gasteiger charge is -2.43. The molecule has 102 valence electrons. The van der Waals surface area contributed by atoms with Crippen molar-refractivity contribution in [2.45, 2.75) is 44.6 Å². The Balaban J connectivity index is 1.81. The van der Waals surface area contributed by atoms with Crippen LogP contribution >= 0.6 is 0 Å². The molecular formula is C14H19N3O2. The molecular weight excluding hydrogens is 242 g/mol. The Morgan fingerprint density at radius 1 is 1.21 bits per heavy atom. The summed E-state index contributed by atoms with van der Waals surface area (Å²) in [6, 6.07) is 3.26. The maximum Gasteiger partial charge on any atom is 0.274 e. The van der Waals surface area contributed by atoms with Crippen molar-refractivity contribution >= 4 is 5.91 Å². The summed E-state index contributed by atoms with van der Waals surface area (Å²) in [6.07, 6.45) is 7.18. The fourth-order valence-electron chi connectivity index (χ4n) is 3.49. The Hall–Kier alpha value is -1.65. The molecule has 5 heteroatoms. The third-order valence-corrected chi connectivity index (χ3v) is 4.40. The van der Waals surface area contributed by atoms with Gasteiger partial charge in [-0.3, -0.25) is 9.59 Å². The number of carbonyl (C=O) groups excluding carboxylic acids is 1. The van der Waals surface area contributed by atoms with E-state index in [1.54, 1.807) is 0 Å². The number of aromatic amines is 1. The van der Waals surface area contributed by atoms with Crippen LogP contribution in [0.5, 0.6) is 0 Å². The van der Waals surface area contributed by atoms with E-state index in [0.29, 0.717) is 17.7 Å². The first-order valence-corrected chi connectivity index (χ1v) is 7.12. The molecule has 2 unspecified atom stereocenters. The minimum absolute atomic E-state index is 0.0344. The molecule has 1 aliphatic carbocycles. The summed E-state index contributed by atoms with van der Waals surface area (Å²) in [5.74, 6) is 0.627. The molecule has 0 spiro atoms. The minimum Gasteiger partial charge on any atom is -0.334 e. The number of aromatic nitrogens is 2. The summed E-state index contributed by atoms with van der Waals surface area (Å²) >= 11 is 0. The van der Waals surface area contributed by atoms with Gasteiger partial charge in [-0.2, -0.15) is 5.10 Å². The maximum absolute atomic E-state index is 12.5. The first-order valence-electron chi connectivity index (χ1n) is 7.12. The number of H-pyrrole nitrogens is 1. The largest absolute Gasteiger partial charge is 0.334 e. The number of hydrogen-bond donors (Lipinski definition) is 1. The third-order valence-electron chi connectivity index (χ3n) is 4.40. The summed E-state index contributed by atoms with van der Waals surface area (Å²) in [7, 11) is 0. The van der Waals surface area contributed by atoms with E-state index in [1.807, 2.05) is 4.90 Å². The molecule has 2 aliphatic rings. The smallest absolute Gasteiger partial charge is 0.274 e. The van der Waals surface area contributed by atoms with Gasteiger partial charge in [0, 0.05) is 18.7 Å². The molecule has 19 heavy (non-hydrogen) atoms. The average molecular weight is 261 g/mol. The highest BCUT2D eigenvalue weighted by Gasteiger charge is 2.36.